The maximum atomic E-state index is 13.6. The van der Waals surface area contributed by atoms with Crippen molar-refractivity contribution in [2.45, 2.75) is 43.9 Å². The highest BCUT2D eigenvalue weighted by atomic mass is 32.2. The maximum Gasteiger partial charge on any atom is 0.254 e. The van der Waals surface area contributed by atoms with E-state index in [1.54, 1.807) is 23.1 Å². The number of amides is 1. The normalized spacial score (nSPS) is 18.8. The van der Waals surface area contributed by atoms with Crippen LogP contribution in [0.15, 0.2) is 89.8 Å². The van der Waals surface area contributed by atoms with E-state index >= 15 is 0 Å². The lowest BCUT2D eigenvalue weighted by atomic mass is 10.1. The lowest BCUT2D eigenvalue weighted by Gasteiger charge is -2.34. The van der Waals surface area contributed by atoms with Crippen LogP contribution in [0.5, 0.6) is 0 Å². The summed E-state index contributed by atoms with van der Waals surface area (Å²) >= 11 is 0. The van der Waals surface area contributed by atoms with Gasteiger partial charge in [0.1, 0.15) is 0 Å². The molecule has 1 amide bonds. The van der Waals surface area contributed by atoms with Crippen LogP contribution in [-0.2, 0) is 27.7 Å². The molecule has 4 rings (SSSR count). The van der Waals surface area contributed by atoms with E-state index in [0.29, 0.717) is 38.2 Å². The molecule has 0 bridgehead atoms. The van der Waals surface area contributed by atoms with Gasteiger partial charge in [0.15, 0.2) is 0 Å². The van der Waals surface area contributed by atoms with Crippen molar-refractivity contribution in [3.05, 3.63) is 102 Å². The van der Waals surface area contributed by atoms with E-state index in [0.717, 1.165) is 11.1 Å². The van der Waals surface area contributed by atoms with Crippen LogP contribution < -0.4 is 0 Å². The predicted octanol–water partition coefficient (Wildman–Crippen LogP) is 4.37. The highest BCUT2D eigenvalue weighted by Gasteiger charge is 2.32. The van der Waals surface area contributed by atoms with E-state index < -0.39 is 10.0 Å². The molecule has 0 saturated carbocycles. The zero-order chi connectivity index (χ0) is 24.8. The molecule has 7 heteroatoms. The summed E-state index contributed by atoms with van der Waals surface area (Å²) in [6.45, 7) is 5.29. The monoisotopic (exact) mass is 492 g/mol. The number of hydrogen-bond acceptors (Lipinski definition) is 4. The van der Waals surface area contributed by atoms with Gasteiger partial charge in [0.05, 0.1) is 17.1 Å². The van der Waals surface area contributed by atoms with Gasteiger partial charge in [0, 0.05) is 31.7 Å². The van der Waals surface area contributed by atoms with Gasteiger partial charge in [-0.2, -0.15) is 4.31 Å². The third-order valence-corrected chi connectivity index (χ3v) is 7.95. The van der Waals surface area contributed by atoms with Crippen molar-refractivity contribution in [1.82, 2.24) is 9.21 Å². The van der Waals surface area contributed by atoms with Gasteiger partial charge in [-0.25, -0.2) is 8.42 Å². The van der Waals surface area contributed by atoms with Crippen LogP contribution in [0.1, 0.15) is 35.3 Å². The van der Waals surface area contributed by atoms with Crippen molar-refractivity contribution in [3.63, 3.8) is 0 Å². The predicted molar refractivity (Wildman–Crippen MR) is 137 cm³/mol. The Morgan fingerprint density at radius 2 is 1.49 bits per heavy atom. The van der Waals surface area contributed by atoms with Crippen LogP contribution >= 0.6 is 0 Å². The molecule has 184 valence electrons. The number of hydrogen-bond donors (Lipinski definition) is 0. The zero-order valence-corrected chi connectivity index (χ0v) is 21.0. The molecule has 2 atom stereocenters. The first-order valence-corrected chi connectivity index (χ1v) is 13.4. The number of rotatable bonds is 8. The van der Waals surface area contributed by atoms with Crippen LogP contribution in [0, 0.1) is 0 Å². The Labute approximate surface area is 208 Å². The second-order valence-corrected chi connectivity index (χ2v) is 11.0. The molecule has 0 aromatic heterocycles. The number of benzene rings is 3. The minimum absolute atomic E-state index is 0.132. The Hall–Kier alpha value is -3.00. The van der Waals surface area contributed by atoms with Gasteiger partial charge in [0.2, 0.25) is 10.0 Å². The summed E-state index contributed by atoms with van der Waals surface area (Å²) in [5.74, 6) is -0.189. The lowest BCUT2D eigenvalue weighted by Crippen LogP contribution is -2.48. The largest absolute Gasteiger partial charge is 0.373 e. The van der Waals surface area contributed by atoms with Crippen molar-refractivity contribution in [2.75, 3.05) is 19.6 Å². The van der Waals surface area contributed by atoms with E-state index in [4.69, 9.17) is 4.74 Å². The van der Waals surface area contributed by atoms with Crippen LogP contribution in [-0.4, -0.2) is 55.4 Å². The Balaban J connectivity index is 1.58. The number of carbonyl (C=O) groups is 1. The minimum Gasteiger partial charge on any atom is -0.373 e. The molecular weight excluding hydrogens is 460 g/mol. The first-order valence-electron chi connectivity index (χ1n) is 12.0. The fourth-order valence-corrected chi connectivity index (χ4v) is 6.05. The third-order valence-electron chi connectivity index (χ3n) is 6.12. The first kappa shape index (κ1) is 25.1. The number of carbonyl (C=O) groups excluding carboxylic acids is 1. The van der Waals surface area contributed by atoms with Crippen LogP contribution in [0.2, 0.25) is 0 Å². The molecule has 3 aromatic carbocycles. The fraction of sp³-hybridized carbons (Fsp3) is 0.321. The second kappa shape index (κ2) is 11.2. The highest BCUT2D eigenvalue weighted by Crippen LogP contribution is 2.23. The SMILES string of the molecule is C[C@H]1CN(S(=O)(=O)c2cccc(C(=O)N(CCc3ccccc3)Cc3ccccc3)c2)C[C@H](C)O1. The van der Waals surface area contributed by atoms with Crippen molar-refractivity contribution in [1.29, 1.82) is 0 Å². The van der Waals surface area contributed by atoms with Crippen LogP contribution in [0.4, 0.5) is 0 Å². The number of sulfonamides is 1. The maximum absolute atomic E-state index is 13.6. The van der Waals surface area contributed by atoms with Gasteiger partial charge < -0.3 is 9.64 Å². The van der Waals surface area contributed by atoms with Gasteiger partial charge >= 0.3 is 0 Å². The van der Waals surface area contributed by atoms with Gasteiger partial charge in [0.25, 0.3) is 5.91 Å². The smallest absolute Gasteiger partial charge is 0.254 e. The molecular formula is C28H32N2O4S. The van der Waals surface area contributed by atoms with Crippen LogP contribution in [0.25, 0.3) is 0 Å². The molecule has 35 heavy (non-hydrogen) atoms. The molecule has 3 aromatic rings. The Morgan fingerprint density at radius 1 is 0.886 bits per heavy atom. The van der Waals surface area contributed by atoms with E-state index in [1.165, 1.54) is 10.4 Å². The van der Waals surface area contributed by atoms with Gasteiger partial charge in [-0.15, -0.1) is 0 Å². The van der Waals surface area contributed by atoms with E-state index in [1.807, 2.05) is 74.5 Å². The molecule has 0 spiro atoms. The fourth-order valence-electron chi connectivity index (χ4n) is 4.41. The summed E-state index contributed by atoms with van der Waals surface area (Å²) in [5, 5.41) is 0. The molecule has 0 radical (unpaired) electrons. The van der Waals surface area contributed by atoms with Crippen molar-refractivity contribution >= 4 is 15.9 Å². The second-order valence-electron chi connectivity index (χ2n) is 9.06. The highest BCUT2D eigenvalue weighted by molar-refractivity contribution is 7.89. The van der Waals surface area contributed by atoms with E-state index in [2.05, 4.69) is 0 Å². The minimum atomic E-state index is -3.74. The molecule has 1 saturated heterocycles. The molecule has 0 aliphatic carbocycles. The zero-order valence-electron chi connectivity index (χ0n) is 20.2. The molecule has 1 fully saturated rings. The van der Waals surface area contributed by atoms with Gasteiger partial charge in [-0.05, 0) is 49.6 Å². The molecule has 1 heterocycles. The topological polar surface area (TPSA) is 66.9 Å². The average molecular weight is 493 g/mol. The summed E-state index contributed by atoms with van der Waals surface area (Å²) in [5.41, 5.74) is 2.53. The quantitative estimate of drug-likeness (QED) is 0.468. The van der Waals surface area contributed by atoms with Gasteiger partial charge in [-0.1, -0.05) is 66.7 Å². The Kier molecular flexibility index (Phi) is 8.00. The Bertz CT molecular complexity index is 1220. The number of morpholine rings is 1. The van der Waals surface area contributed by atoms with Crippen LogP contribution in [0.3, 0.4) is 0 Å². The average Bonchev–Trinajstić information content (AvgIpc) is 2.87. The summed E-state index contributed by atoms with van der Waals surface area (Å²) in [7, 11) is -3.74. The summed E-state index contributed by atoms with van der Waals surface area (Å²) in [6.07, 6.45) is 0.344. The van der Waals surface area contributed by atoms with E-state index in [9.17, 15) is 13.2 Å². The summed E-state index contributed by atoms with van der Waals surface area (Å²) < 4.78 is 33.9. The van der Waals surface area contributed by atoms with Gasteiger partial charge in [-0.3, -0.25) is 4.79 Å². The molecule has 0 N–H and O–H groups in total. The van der Waals surface area contributed by atoms with E-state index in [-0.39, 0.29) is 23.0 Å². The Morgan fingerprint density at radius 3 is 2.11 bits per heavy atom. The molecule has 6 nitrogen and oxygen atoms in total. The lowest BCUT2D eigenvalue weighted by molar-refractivity contribution is -0.0440. The molecule has 1 aliphatic rings. The van der Waals surface area contributed by atoms with Crippen molar-refractivity contribution in [2.24, 2.45) is 0 Å². The standard InChI is InChI=1S/C28H32N2O4S/c1-22-19-30(20-23(2)34-22)35(32,33)27-15-9-14-26(18-27)28(31)29(21-25-12-7-4-8-13-25)17-16-24-10-5-3-6-11-24/h3-15,18,22-23H,16-17,19-21H2,1-2H3/t22-,23-/m0/s1. The molecule has 0 unspecified atom stereocenters. The molecule has 1 aliphatic heterocycles. The van der Waals surface area contributed by atoms with Crippen molar-refractivity contribution < 1.29 is 17.9 Å². The van der Waals surface area contributed by atoms with Crippen molar-refractivity contribution in [3.8, 4) is 0 Å². The summed E-state index contributed by atoms with van der Waals surface area (Å²) in [6, 6.07) is 26.3. The first-order chi connectivity index (χ1) is 16.8. The number of nitrogens with zero attached hydrogens (tertiary/aromatic N) is 2. The summed E-state index contributed by atoms with van der Waals surface area (Å²) in [4.78, 5) is 15.5. The number of ether oxygens (including phenoxy) is 1. The third kappa shape index (κ3) is 6.36.